The van der Waals surface area contributed by atoms with E-state index in [1.165, 1.54) is 0 Å². The Balaban J connectivity index is 2.26. The Morgan fingerprint density at radius 3 is 2.45 bits per heavy atom. The van der Waals surface area contributed by atoms with Crippen molar-refractivity contribution in [3.63, 3.8) is 0 Å². The van der Waals surface area contributed by atoms with Crippen molar-refractivity contribution in [2.45, 2.75) is 17.1 Å². The summed E-state index contributed by atoms with van der Waals surface area (Å²) in [5.41, 5.74) is -1.87. The van der Waals surface area contributed by atoms with E-state index in [1.807, 2.05) is 0 Å². The summed E-state index contributed by atoms with van der Waals surface area (Å²) >= 11 is 12.5. The minimum atomic E-state index is -4.72. The molecule has 0 bridgehead atoms. The van der Waals surface area contributed by atoms with E-state index >= 15 is 0 Å². The average molecular weight is 372 g/mol. The first kappa shape index (κ1) is 16.9. The molecule has 2 rings (SSSR count). The van der Waals surface area contributed by atoms with Crippen LogP contribution in [0, 0.1) is 5.21 Å². The van der Waals surface area contributed by atoms with Crippen LogP contribution in [0.15, 0.2) is 28.4 Å². The van der Waals surface area contributed by atoms with Gasteiger partial charge in [-0.25, -0.2) is 4.98 Å². The molecular weight excluding hydrogens is 366 g/mol. The molecule has 0 radical (unpaired) electrons. The summed E-state index contributed by atoms with van der Waals surface area (Å²) in [4.78, 5) is 16.8. The number of hydrogen-bond donors (Lipinski definition) is 1. The summed E-state index contributed by atoms with van der Waals surface area (Å²) in [6.07, 6.45) is -2.60. The van der Waals surface area contributed by atoms with Crippen LogP contribution >= 0.6 is 35.0 Å². The van der Waals surface area contributed by atoms with Crippen molar-refractivity contribution in [3.05, 3.63) is 55.3 Å². The van der Waals surface area contributed by atoms with Gasteiger partial charge in [-0.3, -0.25) is 4.79 Å². The van der Waals surface area contributed by atoms with E-state index in [9.17, 15) is 23.2 Å². The molecule has 0 aliphatic rings. The van der Waals surface area contributed by atoms with E-state index in [-0.39, 0.29) is 21.0 Å². The third kappa shape index (κ3) is 4.05. The van der Waals surface area contributed by atoms with Crippen molar-refractivity contribution in [1.29, 1.82) is 0 Å². The number of nitrogens with zero attached hydrogens (tertiary/aromatic N) is 2. The molecule has 2 aromatic rings. The van der Waals surface area contributed by atoms with Crippen molar-refractivity contribution in [2.24, 2.45) is 0 Å². The van der Waals surface area contributed by atoms with E-state index in [1.54, 1.807) is 0 Å². The minimum Gasteiger partial charge on any atom is -0.619 e. The largest absolute Gasteiger partial charge is 0.619 e. The fraction of sp³-hybridized carbons (Fsp3) is 0.182. The molecule has 2 heterocycles. The highest BCUT2D eigenvalue weighted by Gasteiger charge is 2.33. The second-order valence-corrected chi connectivity index (χ2v) is 5.79. The lowest BCUT2D eigenvalue weighted by Gasteiger charge is -2.08. The van der Waals surface area contributed by atoms with Crippen molar-refractivity contribution in [2.75, 3.05) is 0 Å². The highest BCUT2D eigenvalue weighted by molar-refractivity contribution is 7.98. The predicted octanol–water partition coefficient (Wildman–Crippen LogP) is 3.02. The van der Waals surface area contributed by atoms with Gasteiger partial charge in [0, 0.05) is 17.4 Å². The Hall–Kier alpha value is -1.45. The maximum absolute atomic E-state index is 12.6. The Morgan fingerprint density at radius 2 is 1.91 bits per heavy atom. The van der Waals surface area contributed by atoms with Crippen LogP contribution in [0.4, 0.5) is 13.2 Å². The normalized spacial score (nSPS) is 11.7. The van der Waals surface area contributed by atoms with Gasteiger partial charge in [-0.05, 0) is 0 Å². The van der Waals surface area contributed by atoms with Crippen LogP contribution in [0.5, 0.6) is 0 Å². The van der Waals surface area contributed by atoms with Gasteiger partial charge in [0.1, 0.15) is 10.0 Å². The Labute approximate surface area is 135 Å². The molecule has 0 spiro atoms. The molecule has 5 nitrogen and oxygen atoms in total. The molecule has 0 fully saturated rings. The highest BCUT2D eigenvalue weighted by Crippen LogP contribution is 2.31. The standard InChI is InChI=1S/C11H6Cl2F3N3O2S/c12-6-2-19(21)3-7(13)5(6)4-22-10-17-8(11(14,15)16)1-9(20)18-10/h1-3H,4H2,(H,17,18,20). The summed E-state index contributed by atoms with van der Waals surface area (Å²) in [6.45, 7) is 0. The van der Waals surface area contributed by atoms with Crippen LogP contribution in [0.25, 0.3) is 0 Å². The van der Waals surface area contributed by atoms with E-state index < -0.39 is 17.4 Å². The molecule has 0 atom stereocenters. The van der Waals surface area contributed by atoms with Crippen molar-refractivity contribution < 1.29 is 17.9 Å². The Morgan fingerprint density at radius 1 is 1.32 bits per heavy atom. The predicted molar refractivity (Wildman–Crippen MR) is 74.8 cm³/mol. The monoisotopic (exact) mass is 371 g/mol. The minimum absolute atomic E-state index is 0.0305. The Bertz CT molecular complexity index is 744. The molecule has 0 saturated heterocycles. The lowest BCUT2D eigenvalue weighted by molar-refractivity contribution is -0.605. The van der Waals surface area contributed by atoms with Crippen LogP contribution < -0.4 is 10.3 Å². The SMILES string of the molecule is O=c1cc(C(F)(F)F)nc(SCc2c(Cl)c[n+]([O-])cc2Cl)[nH]1. The number of halogens is 5. The van der Waals surface area contributed by atoms with E-state index in [4.69, 9.17) is 23.2 Å². The number of hydrogen-bond acceptors (Lipinski definition) is 4. The number of rotatable bonds is 3. The molecule has 22 heavy (non-hydrogen) atoms. The van der Waals surface area contributed by atoms with Crippen LogP contribution in [0.3, 0.4) is 0 Å². The molecule has 0 amide bonds. The van der Waals surface area contributed by atoms with Crippen molar-refractivity contribution >= 4 is 35.0 Å². The number of thioether (sulfide) groups is 1. The fourth-order valence-corrected chi connectivity index (χ4v) is 3.12. The highest BCUT2D eigenvalue weighted by atomic mass is 35.5. The fourth-order valence-electron chi connectivity index (χ4n) is 1.46. The van der Waals surface area contributed by atoms with Gasteiger partial charge in [0.25, 0.3) is 5.56 Å². The van der Waals surface area contributed by atoms with Gasteiger partial charge in [0.05, 0.1) is 0 Å². The number of pyridine rings is 1. The first-order chi connectivity index (χ1) is 10.2. The third-order valence-corrected chi connectivity index (χ3v) is 3.97. The molecular formula is C11H6Cl2F3N3O2S. The summed E-state index contributed by atoms with van der Waals surface area (Å²) in [6, 6.07) is 0.368. The second kappa shape index (κ2) is 6.35. The zero-order valence-corrected chi connectivity index (χ0v) is 12.8. The molecule has 0 aliphatic carbocycles. The molecule has 118 valence electrons. The molecule has 2 aromatic heterocycles. The van der Waals surface area contributed by atoms with Gasteiger partial charge in [-0.15, -0.1) is 0 Å². The van der Waals surface area contributed by atoms with E-state index in [0.717, 1.165) is 24.2 Å². The zero-order valence-electron chi connectivity index (χ0n) is 10.4. The number of nitrogens with one attached hydrogen (secondary N) is 1. The number of alkyl halides is 3. The van der Waals surface area contributed by atoms with Gasteiger partial charge in [0.2, 0.25) is 0 Å². The average Bonchev–Trinajstić information content (AvgIpc) is 2.35. The van der Waals surface area contributed by atoms with Crippen molar-refractivity contribution in [3.8, 4) is 0 Å². The number of H-pyrrole nitrogens is 1. The van der Waals surface area contributed by atoms with Gasteiger partial charge in [-0.2, -0.15) is 17.9 Å². The van der Waals surface area contributed by atoms with E-state index in [2.05, 4.69) is 9.97 Å². The van der Waals surface area contributed by atoms with E-state index in [0.29, 0.717) is 16.4 Å². The maximum atomic E-state index is 12.6. The maximum Gasteiger partial charge on any atom is 0.433 e. The molecule has 0 unspecified atom stereocenters. The molecule has 11 heteroatoms. The lowest BCUT2D eigenvalue weighted by Crippen LogP contribution is -2.25. The topological polar surface area (TPSA) is 72.7 Å². The number of aromatic amines is 1. The summed E-state index contributed by atoms with van der Waals surface area (Å²) in [7, 11) is 0. The van der Waals surface area contributed by atoms with Gasteiger partial charge in [0.15, 0.2) is 23.2 Å². The van der Waals surface area contributed by atoms with Gasteiger partial charge in [-0.1, -0.05) is 35.0 Å². The van der Waals surface area contributed by atoms with Crippen LogP contribution in [0.1, 0.15) is 11.3 Å². The summed E-state index contributed by atoms with van der Waals surface area (Å²) < 4.78 is 38.1. The molecule has 0 aromatic carbocycles. The molecule has 0 aliphatic heterocycles. The van der Waals surface area contributed by atoms with Crippen LogP contribution in [-0.4, -0.2) is 9.97 Å². The molecule has 0 saturated carbocycles. The summed E-state index contributed by atoms with van der Waals surface area (Å²) in [5, 5.41) is 11.0. The van der Waals surface area contributed by atoms with Crippen LogP contribution in [-0.2, 0) is 11.9 Å². The van der Waals surface area contributed by atoms with Crippen LogP contribution in [0.2, 0.25) is 10.0 Å². The smallest absolute Gasteiger partial charge is 0.433 e. The Kier molecular flexibility index (Phi) is 4.88. The van der Waals surface area contributed by atoms with Gasteiger partial charge < -0.3 is 10.2 Å². The van der Waals surface area contributed by atoms with Gasteiger partial charge >= 0.3 is 6.18 Å². The first-order valence-electron chi connectivity index (χ1n) is 5.55. The summed E-state index contributed by atoms with van der Waals surface area (Å²) in [5.74, 6) is 0.0305. The first-order valence-corrected chi connectivity index (χ1v) is 7.29. The second-order valence-electron chi connectivity index (χ2n) is 4.01. The number of aromatic nitrogens is 3. The third-order valence-electron chi connectivity index (χ3n) is 2.42. The quantitative estimate of drug-likeness (QED) is 0.389. The molecule has 1 N–H and O–H groups in total. The lowest BCUT2D eigenvalue weighted by atomic mass is 10.3. The van der Waals surface area contributed by atoms with Crippen molar-refractivity contribution in [1.82, 2.24) is 9.97 Å². The zero-order chi connectivity index (χ0) is 16.5.